The smallest absolute Gasteiger partial charge is 0.270 e. The lowest BCUT2D eigenvalue weighted by atomic mass is 10.1. The SMILES string of the molecule is O=C(NCCc1cccc(Cl)c1)c1ccnc(Nc2ccccc2)n1. The predicted molar refractivity (Wildman–Crippen MR) is 99.2 cm³/mol. The Hall–Kier alpha value is -2.92. The average Bonchev–Trinajstić information content (AvgIpc) is 2.63. The van der Waals surface area contributed by atoms with Crippen LogP contribution in [0.3, 0.4) is 0 Å². The van der Waals surface area contributed by atoms with Crippen LogP contribution in [0.25, 0.3) is 0 Å². The molecule has 3 aromatic rings. The van der Waals surface area contributed by atoms with Crippen molar-refractivity contribution >= 4 is 29.1 Å². The summed E-state index contributed by atoms with van der Waals surface area (Å²) in [6.45, 7) is 0.505. The summed E-state index contributed by atoms with van der Waals surface area (Å²) in [7, 11) is 0. The fourth-order valence-corrected chi connectivity index (χ4v) is 2.51. The topological polar surface area (TPSA) is 66.9 Å². The van der Waals surface area contributed by atoms with Gasteiger partial charge in [0, 0.05) is 23.5 Å². The van der Waals surface area contributed by atoms with Gasteiger partial charge in [-0.1, -0.05) is 41.9 Å². The molecule has 0 spiro atoms. The van der Waals surface area contributed by atoms with Crippen LogP contribution in [-0.2, 0) is 6.42 Å². The standard InChI is InChI=1S/C19H17ClN4O/c20-15-6-4-5-14(13-15)9-11-21-18(25)17-10-12-22-19(24-17)23-16-7-2-1-3-8-16/h1-8,10,12-13H,9,11H2,(H,21,25)(H,22,23,24). The molecule has 0 atom stereocenters. The van der Waals surface area contributed by atoms with Gasteiger partial charge in [-0.25, -0.2) is 9.97 Å². The molecule has 1 heterocycles. The van der Waals surface area contributed by atoms with Crippen molar-refractivity contribution in [3.05, 3.63) is 83.1 Å². The van der Waals surface area contributed by atoms with Gasteiger partial charge in [0.2, 0.25) is 5.95 Å². The number of aromatic nitrogens is 2. The highest BCUT2D eigenvalue weighted by Gasteiger charge is 2.08. The van der Waals surface area contributed by atoms with E-state index in [4.69, 9.17) is 11.6 Å². The molecule has 126 valence electrons. The summed E-state index contributed by atoms with van der Waals surface area (Å²) >= 11 is 5.95. The third-order valence-corrected chi connectivity index (χ3v) is 3.74. The lowest BCUT2D eigenvalue weighted by Crippen LogP contribution is -2.26. The zero-order chi connectivity index (χ0) is 17.5. The first kappa shape index (κ1) is 16.9. The van der Waals surface area contributed by atoms with Crippen molar-refractivity contribution in [1.82, 2.24) is 15.3 Å². The highest BCUT2D eigenvalue weighted by atomic mass is 35.5. The van der Waals surface area contributed by atoms with Gasteiger partial charge in [-0.15, -0.1) is 0 Å². The fourth-order valence-electron chi connectivity index (χ4n) is 2.30. The number of carbonyl (C=O) groups excluding carboxylic acids is 1. The molecule has 0 radical (unpaired) electrons. The summed E-state index contributed by atoms with van der Waals surface area (Å²) in [5.74, 6) is 0.147. The fraction of sp³-hybridized carbons (Fsp3) is 0.105. The number of nitrogens with zero attached hydrogens (tertiary/aromatic N) is 2. The van der Waals surface area contributed by atoms with E-state index in [9.17, 15) is 4.79 Å². The zero-order valence-corrected chi connectivity index (χ0v) is 14.2. The predicted octanol–water partition coefficient (Wildman–Crippen LogP) is 3.85. The van der Waals surface area contributed by atoms with Crippen molar-refractivity contribution in [2.24, 2.45) is 0 Å². The summed E-state index contributed by atoms with van der Waals surface area (Å²) < 4.78 is 0. The third-order valence-electron chi connectivity index (χ3n) is 3.51. The van der Waals surface area contributed by atoms with E-state index in [-0.39, 0.29) is 5.91 Å². The van der Waals surface area contributed by atoms with E-state index in [1.54, 1.807) is 12.3 Å². The number of halogens is 1. The molecule has 0 saturated carbocycles. The van der Waals surface area contributed by atoms with Crippen molar-refractivity contribution in [1.29, 1.82) is 0 Å². The van der Waals surface area contributed by atoms with Crippen LogP contribution in [0.15, 0.2) is 66.9 Å². The second-order valence-electron chi connectivity index (χ2n) is 5.39. The van der Waals surface area contributed by atoms with Crippen molar-refractivity contribution in [2.45, 2.75) is 6.42 Å². The normalized spacial score (nSPS) is 10.3. The number of nitrogens with one attached hydrogen (secondary N) is 2. The van der Waals surface area contributed by atoms with Crippen molar-refractivity contribution in [3.63, 3.8) is 0 Å². The molecule has 3 rings (SSSR count). The highest BCUT2D eigenvalue weighted by Crippen LogP contribution is 2.12. The minimum absolute atomic E-state index is 0.236. The molecule has 6 heteroatoms. The van der Waals surface area contributed by atoms with Gasteiger partial charge < -0.3 is 10.6 Å². The van der Waals surface area contributed by atoms with Crippen molar-refractivity contribution in [3.8, 4) is 0 Å². The van der Waals surface area contributed by atoms with Crippen LogP contribution >= 0.6 is 11.6 Å². The quantitative estimate of drug-likeness (QED) is 0.707. The molecule has 25 heavy (non-hydrogen) atoms. The number of benzene rings is 2. The summed E-state index contributed by atoms with van der Waals surface area (Å²) in [6.07, 6.45) is 2.26. The Morgan fingerprint density at radius 1 is 1.04 bits per heavy atom. The van der Waals surface area contributed by atoms with E-state index >= 15 is 0 Å². The van der Waals surface area contributed by atoms with E-state index in [0.717, 1.165) is 11.3 Å². The molecule has 0 unspecified atom stereocenters. The molecular weight excluding hydrogens is 336 g/mol. The maximum atomic E-state index is 12.3. The first-order valence-corrected chi connectivity index (χ1v) is 8.26. The maximum Gasteiger partial charge on any atom is 0.270 e. The van der Waals surface area contributed by atoms with Gasteiger partial charge in [0.15, 0.2) is 0 Å². The van der Waals surface area contributed by atoms with E-state index in [1.807, 2.05) is 54.6 Å². The van der Waals surface area contributed by atoms with Gasteiger partial charge in [-0.05, 0) is 42.3 Å². The Kier molecular flexibility index (Phi) is 5.59. The molecular formula is C19H17ClN4O. The first-order valence-electron chi connectivity index (χ1n) is 7.88. The number of carbonyl (C=O) groups is 1. The summed E-state index contributed by atoms with van der Waals surface area (Å²) in [5, 5.41) is 6.62. The Bertz CT molecular complexity index is 855. The molecule has 0 aliphatic carbocycles. The maximum absolute atomic E-state index is 12.3. The van der Waals surface area contributed by atoms with Gasteiger partial charge in [0.25, 0.3) is 5.91 Å². The van der Waals surface area contributed by atoms with Crippen LogP contribution in [-0.4, -0.2) is 22.4 Å². The molecule has 0 aliphatic heterocycles. The van der Waals surface area contributed by atoms with E-state index in [1.165, 1.54) is 0 Å². The molecule has 0 aliphatic rings. The molecule has 0 fully saturated rings. The molecule has 0 saturated heterocycles. The number of para-hydroxylation sites is 1. The van der Waals surface area contributed by atoms with E-state index in [0.29, 0.717) is 29.6 Å². The molecule has 2 aromatic carbocycles. The number of hydrogen-bond acceptors (Lipinski definition) is 4. The molecule has 0 bridgehead atoms. The first-order chi connectivity index (χ1) is 12.2. The van der Waals surface area contributed by atoms with Crippen molar-refractivity contribution < 1.29 is 4.79 Å². The van der Waals surface area contributed by atoms with Gasteiger partial charge in [0.05, 0.1) is 0 Å². The van der Waals surface area contributed by atoms with E-state index < -0.39 is 0 Å². The number of hydrogen-bond donors (Lipinski definition) is 2. The van der Waals surface area contributed by atoms with Crippen LogP contribution in [0.2, 0.25) is 5.02 Å². The third kappa shape index (κ3) is 5.02. The van der Waals surface area contributed by atoms with Crippen LogP contribution in [0, 0.1) is 0 Å². The average molecular weight is 353 g/mol. The summed E-state index contributed by atoms with van der Waals surface area (Å²) in [4.78, 5) is 20.6. The minimum atomic E-state index is -0.236. The van der Waals surface area contributed by atoms with Gasteiger partial charge in [-0.2, -0.15) is 0 Å². The van der Waals surface area contributed by atoms with Gasteiger partial charge in [0.1, 0.15) is 5.69 Å². The van der Waals surface area contributed by atoms with E-state index in [2.05, 4.69) is 20.6 Å². The Morgan fingerprint density at radius 2 is 1.88 bits per heavy atom. The largest absolute Gasteiger partial charge is 0.350 e. The lowest BCUT2D eigenvalue weighted by molar-refractivity contribution is 0.0949. The summed E-state index contributed by atoms with van der Waals surface area (Å²) in [6, 6.07) is 18.7. The molecule has 1 amide bonds. The molecule has 2 N–H and O–H groups in total. The summed E-state index contributed by atoms with van der Waals surface area (Å²) in [5.41, 5.74) is 2.25. The Morgan fingerprint density at radius 3 is 2.68 bits per heavy atom. The molecule has 1 aromatic heterocycles. The lowest BCUT2D eigenvalue weighted by Gasteiger charge is -2.07. The van der Waals surface area contributed by atoms with Crippen LogP contribution in [0.1, 0.15) is 16.1 Å². The Balaban J connectivity index is 1.57. The number of rotatable bonds is 6. The minimum Gasteiger partial charge on any atom is -0.350 e. The monoisotopic (exact) mass is 352 g/mol. The number of amides is 1. The number of anilines is 2. The van der Waals surface area contributed by atoms with Crippen LogP contribution < -0.4 is 10.6 Å². The van der Waals surface area contributed by atoms with Crippen LogP contribution in [0.4, 0.5) is 11.6 Å². The van der Waals surface area contributed by atoms with Crippen LogP contribution in [0.5, 0.6) is 0 Å². The second-order valence-corrected chi connectivity index (χ2v) is 5.83. The highest BCUT2D eigenvalue weighted by molar-refractivity contribution is 6.30. The second kappa shape index (κ2) is 8.26. The Labute approximate surface area is 151 Å². The van der Waals surface area contributed by atoms with Gasteiger partial charge >= 0.3 is 0 Å². The van der Waals surface area contributed by atoms with Gasteiger partial charge in [-0.3, -0.25) is 4.79 Å². The van der Waals surface area contributed by atoms with Crippen molar-refractivity contribution in [2.75, 3.05) is 11.9 Å². The molecule has 5 nitrogen and oxygen atoms in total. The zero-order valence-electron chi connectivity index (χ0n) is 13.4.